The van der Waals surface area contributed by atoms with Gasteiger partial charge >= 0.3 is 5.97 Å². The number of hydrogen-bond donors (Lipinski definition) is 1. The Morgan fingerprint density at radius 2 is 0.956 bits per heavy atom. The third kappa shape index (κ3) is 48.2. The minimum Gasteiger partial charge on any atom is -0.756 e. The van der Waals surface area contributed by atoms with E-state index in [9.17, 15) is 19.0 Å². The van der Waals surface area contributed by atoms with Gasteiger partial charge in [-0.1, -0.05) is 196 Å². The second-order valence-electron chi connectivity index (χ2n) is 19.3. The van der Waals surface area contributed by atoms with Crippen molar-refractivity contribution in [3.63, 3.8) is 0 Å². The van der Waals surface area contributed by atoms with Crippen molar-refractivity contribution in [3.05, 3.63) is 85.1 Å². The van der Waals surface area contributed by atoms with Gasteiger partial charge in [-0.2, -0.15) is 0 Å². The van der Waals surface area contributed by atoms with Crippen LogP contribution in [0.25, 0.3) is 0 Å². The summed E-state index contributed by atoms with van der Waals surface area (Å²) < 4.78 is 30.1. The molecule has 0 aromatic rings. The first-order valence-corrected chi connectivity index (χ1v) is 28.9. The highest BCUT2D eigenvalue weighted by Crippen LogP contribution is 2.38. The number of phosphoric acid groups is 1. The summed E-state index contributed by atoms with van der Waals surface area (Å²) in [6.45, 7) is 6.64. The second-order valence-corrected chi connectivity index (χ2v) is 20.8. The van der Waals surface area contributed by atoms with Crippen LogP contribution in [0.1, 0.15) is 220 Å². The maximum absolute atomic E-state index is 13.4. The minimum absolute atomic E-state index is 0.0359. The highest BCUT2D eigenvalue weighted by Gasteiger charge is 2.27. The Balaban J connectivity index is 5.47. The lowest BCUT2D eigenvalue weighted by Crippen LogP contribution is -2.47. The molecule has 0 aliphatic rings. The van der Waals surface area contributed by atoms with Crippen LogP contribution in [0.3, 0.4) is 0 Å². The highest BCUT2D eigenvalue weighted by atomic mass is 31.2. The zero-order valence-electron chi connectivity index (χ0n) is 44.5. The summed E-state index contributed by atoms with van der Waals surface area (Å²) in [5, 5.41) is 2.99. The van der Waals surface area contributed by atoms with Gasteiger partial charge < -0.3 is 28.5 Å². The minimum atomic E-state index is -4.71. The smallest absolute Gasteiger partial charge is 0.306 e. The molecular formula is C58H103N2O7P. The number of allylic oxidation sites excluding steroid dienone is 13. The molecule has 10 heteroatoms. The van der Waals surface area contributed by atoms with Gasteiger partial charge in [-0.25, -0.2) is 0 Å². The van der Waals surface area contributed by atoms with Crippen molar-refractivity contribution in [1.82, 2.24) is 5.32 Å². The standard InChI is InChI=1S/C58H103N2O7P/c1-7-10-13-16-19-22-25-27-29-30-31-33-36-39-42-45-48-51-58(62)67-56(49-46-43-40-37-34-24-21-18-15-12-9-3)55(54-66-68(63,64)65-53-52-60(4,5)6)59-57(61)50-47-44-41-38-35-32-28-26-23-20-17-14-11-8-2/h11,14,19-20,22-23,27,29,31,33,39,42,46,49,55-56H,7-10,12-13,15-18,21,24-26,28,30,32,34-38,40-41,43-45,47-48,50-54H2,1-6H3,(H-,59,61,63,64)/b14-11+,22-19-,23-20+,29-27-,33-31-,42-39-,49-46+. The third-order valence-electron chi connectivity index (χ3n) is 11.6. The SMILES string of the molecule is CC/C=C/C/C=C/CCCCCCCCCC(=O)NC(COP(=O)([O-])OCC[N+](C)(C)C)C(/C=C/CCCCCCCCCCC)OC(=O)CCC/C=C\C/C=C\C/C=C\C/C=C\CCCCC. The van der Waals surface area contributed by atoms with E-state index in [1.807, 2.05) is 27.2 Å². The molecule has 0 fully saturated rings. The van der Waals surface area contributed by atoms with Crippen molar-refractivity contribution in [2.45, 2.75) is 232 Å². The van der Waals surface area contributed by atoms with Crippen molar-refractivity contribution < 1.29 is 37.3 Å². The number of nitrogens with zero attached hydrogens (tertiary/aromatic N) is 1. The largest absolute Gasteiger partial charge is 0.756 e. The molecule has 0 aromatic heterocycles. The third-order valence-corrected chi connectivity index (χ3v) is 12.5. The Labute approximate surface area is 418 Å². The monoisotopic (exact) mass is 971 g/mol. The van der Waals surface area contributed by atoms with E-state index in [1.165, 1.54) is 89.9 Å². The number of hydrogen-bond acceptors (Lipinski definition) is 7. The van der Waals surface area contributed by atoms with E-state index >= 15 is 0 Å². The van der Waals surface area contributed by atoms with Gasteiger partial charge in [0, 0.05) is 12.8 Å². The van der Waals surface area contributed by atoms with Gasteiger partial charge in [-0.05, 0) is 96.0 Å². The summed E-state index contributed by atoms with van der Waals surface area (Å²) in [6.07, 6.45) is 61.3. The number of amides is 1. The Bertz CT molecular complexity index is 1440. The number of carbonyl (C=O) groups is 2. The van der Waals surface area contributed by atoms with Crippen LogP contribution in [0, 0.1) is 0 Å². The first kappa shape index (κ1) is 65.2. The molecule has 3 atom stereocenters. The molecule has 0 saturated carbocycles. The Kier molecular flexibility index (Phi) is 45.9. The lowest BCUT2D eigenvalue weighted by atomic mass is 10.1. The van der Waals surface area contributed by atoms with Crippen LogP contribution in [-0.2, 0) is 27.9 Å². The molecule has 1 amide bonds. The molecule has 392 valence electrons. The van der Waals surface area contributed by atoms with E-state index in [1.54, 1.807) is 6.08 Å². The maximum atomic E-state index is 13.4. The predicted octanol–water partition coefficient (Wildman–Crippen LogP) is 15.6. The topological polar surface area (TPSA) is 114 Å². The molecule has 1 N–H and O–H groups in total. The van der Waals surface area contributed by atoms with Crippen molar-refractivity contribution in [3.8, 4) is 0 Å². The van der Waals surface area contributed by atoms with Gasteiger partial charge in [0.15, 0.2) is 0 Å². The highest BCUT2D eigenvalue weighted by molar-refractivity contribution is 7.45. The van der Waals surface area contributed by atoms with Gasteiger partial charge in [-0.3, -0.25) is 14.2 Å². The number of likely N-dealkylation sites (N-methyl/N-ethyl adjacent to an activating group) is 1. The molecular weight excluding hydrogens is 868 g/mol. The zero-order chi connectivity index (χ0) is 50.1. The predicted molar refractivity (Wildman–Crippen MR) is 288 cm³/mol. The molecule has 0 bridgehead atoms. The Hall–Kier alpha value is -2.81. The number of carbonyl (C=O) groups excluding carboxylic acids is 2. The van der Waals surface area contributed by atoms with Crippen LogP contribution in [0.2, 0.25) is 0 Å². The summed E-state index contributed by atoms with van der Waals surface area (Å²) >= 11 is 0. The fourth-order valence-electron chi connectivity index (χ4n) is 7.31. The van der Waals surface area contributed by atoms with E-state index in [2.05, 4.69) is 99.0 Å². The molecule has 0 radical (unpaired) electrons. The van der Waals surface area contributed by atoms with E-state index in [-0.39, 0.29) is 18.9 Å². The summed E-state index contributed by atoms with van der Waals surface area (Å²) in [4.78, 5) is 39.7. The van der Waals surface area contributed by atoms with Crippen LogP contribution >= 0.6 is 7.82 Å². The number of phosphoric ester groups is 1. The van der Waals surface area contributed by atoms with Crippen molar-refractivity contribution >= 4 is 19.7 Å². The lowest BCUT2D eigenvalue weighted by molar-refractivity contribution is -0.870. The van der Waals surface area contributed by atoms with Crippen LogP contribution in [-0.4, -0.2) is 69.4 Å². The van der Waals surface area contributed by atoms with Crippen LogP contribution in [0.4, 0.5) is 0 Å². The summed E-state index contributed by atoms with van der Waals surface area (Å²) in [6, 6.07) is -0.916. The first-order chi connectivity index (χ1) is 32.9. The number of nitrogens with one attached hydrogen (secondary N) is 1. The molecule has 0 rings (SSSR count). The van der Waals surface area contributed by atoms with Crippen molar-refractivity contribution in [2.24, 2.45) is 0 Å². The Morgan fingerprint density at radius 1 is 0.529 bits per heavy atom. The van der Waals surface area contributed by atoms with Crippen LogP contribution in [0.5, 0.6) is 0 Å². The summed E-state index contributed by atoms with van der Waals surface area (Å²) in [7, 11) is 1.14. The number of esters is 1. The number of rotatable bonds is 48. The number of unbranched alkanes of at least 4 members (excludes halogenated alkanes) is 20. The van der Waals surface area contributed by atoms with Crippen molar-refractivity contribution in [1.29, 1.82) is 0 Å². The molecule has 68 heavy (non-hydrogen) atoms. The molecule has 0 heterocycles. The van der Waals surface area contributed by atoms with Crippen LogP contribution in [0.15, 0.2) is 85.1 Å². The van der Waals surface area contributed by atoms with E-state index < -0.39 is 32.5 Å². The summed E-state index contributed by atoms with van der Waals surface area (Å²) in [5.41, 5.74) is 0. The maximum Gasteiger partial charge on any atom is 0.306 e. The van der Waals surface area contributed by atoms with E-state index in [0.717, 1.165) is 89.9 Å². The van der Waals surface area contributed by atoms with Gasteiger partial charge in [-0.15, -0.1) is 0 Å². The zero-order valence-corrected chi connectivity index (χ0v) is 45.4. The Morgan fingerprint density at radius 3 is 1.47 bits per heavy atom. The fraction of sp³-hybridized carbons (Fsp3) is 0.724. The molecule has 3 unspecified atom stereocenters. The van der Waals surface area contributed by atoms with Gasteiger partial charge in [0.1, 0.15) is 19.3 Å². The lowest BCUT2D eigenvalue weighted by Gasteiger charge is -2.30. The first-order valence-electron chi connectivity index (χ1n) is 27.4. The van der Waals surface area contributed by atoms with E-state index in [0.29, 0.717) is 23.9 Å². The fourth-order valence-corrected chi connectivity index (χ4v) is 8.04. The molecule has 9 nitrogen and oxygen atoms in total. The quantitative estimate of drug-likeness (QED) is 0.0212. The average molecular weight is 971 g/mol. The van der Waals surface area contributed by atoms with Crippen LogP contribution < -0.4 is 10.2 Å². The van der Waals surface area contributed by atoms with E-state index in [4.69, 9.17) is 13.8 Å². The summed E-state index contributed by atoms with van der Waals surface area (Å²) in [5.74, 6) is -0.623. The average Bonchev–Trinajstić information content (AvgIpc) is 3.29. The normalized spacial score (nSPS) is 14.5. The number of ether oxygens (including phenoxy) is 1. The molecule has 0 spiro atoms. The second kappa shape index (κ2) is 47.8. The molecule has 0 aliphatic heterocycles. The molecule has 0 saturated heterocycles. The molecule has 0 aromatic carbocycles. The van der Waals surface area contributed by atoms with Crippen molar-refractivity contribution in [2.75, 3.05) is 40.9 Å². The van der Waals surface area contributed by atoms with Gasteiger partial charge in [0.2, 0.25) is 5.91 Å². The number of quaternary nitrogens is 1. The molecule has 0 aliphatic carbocycles. The van der Waals surface area contributed by atoms with Gasteiger partial charge in [0.05, 0.1) is 33.8 Å². The van der Waals surface area contributed by atoms with Gasteiger partial charge in [0.25, 0.3) is 7.82 Å².